The average molecular weight is 360 g/mol. The number of rotatable bonds is 3. The van der Waals surface area contributed by atoms with Crippen molar-refractivity contribution in [3.05, 3.63) is 39.4 Å². The van der Waals surface area contributed by atoms with Crippen LogP contribution in [0, 0.1) is 5.82 Å². The molecule has 4 rings (SSSR count). The first-order chi connectivity index (χ1) is 12.5. The van der Waals surface area contributed by atoms with Crippen LogP contribution in [0.5, 0.6) is 5.75 Å². The number of carbonyl (C=O) groups excluding carboxylic acids is 1. The Balaban J connectivity index is 1.82. The molecule has 26 heavy (non-hydrogen) atoms. The second-order valence-corrected chi connectivity index (χ2v) is 7.09. The highest BCUT2D eigenvalue weighted by Crippen LogP contribution is 2.35. The molecule has 1 aromatic heterocycles. The second kappa shape index (κ2) is 6.39. The van der Waals surface area contributed by atoms with E-state index >= 15 is 0 Å². The molecule has 0 unspecified atom stereocenters. The molecule has 138 valence electrons. The maximum Gasteiger partial charge on any atom is 0.267 e. The van der Waals surface area contributed by atoms with Crippen molar-refractivity contribution in [3.63, 3.8) is 0 Å². The van der Waals surface area contributed by atoms with Crippen molar-refractivity contribution >= 4 is 16.8 Å². The lowest BCUT2D eigenvalue weighted by Crippen LogP contribution is -2.38. The van der Waals surface area contributed by atoms with Gasteiger partial charge in [-0.05, 0) is 50.3 Å². The third-order valence-electron chi connectivity index (χ3n) is 5.33. The van der Waals surface area contributed by atoms with Gasteiger partial charge in [0.2, 0.25) is 0 Å². The third kappa shape index (κ3) is 2.67. The molecule has 1 amide bonds. The van der Waals surface area contributed by atoms with E-state index in [1.165, 1.54) is 16.7 Å². The van der Waals surface area contributed by atoms with Gasteiger partial charge in [-0.3, -0.25) is 9.59 Å². The largest absolute Gasteiger partial charge is 0.506 e. The highest BCUT2D eigenvalue weighted by atomic mass is 19.1. The van der Waals surface area contributed by atoms with Crippen LogP contribution in [0.4, 0.5) is 4.39 Å². The van der Waals surface area contributed by atoms with E-state index in [4.69, 9.17) is 4.74 Å². The normalized spacial score (nSPS) is 21.9. The Kier molecular flexibility index (Phi) is 4.19. The van der Waals surface area contributed by atoms with Gasteiger partial charge in [0, 0.05) is 24.6 Å². The summed E-state index contributed by atoms with van der Waals surface area (Å²) in [6, 6.07) is 2.44. The molecule has 0 radical (unpaired) electrons. The van der Waals surface area contributed by atoms with E-state index in [1.807, 2.05) is 6.92 Å². The summed E-state index contributed by atoms with van der Waals surface area (Å²) < 4.78 is 21.0. The number of nitrogens with one attached hydrogen (secondary N) is 1. The van der Waals surface area contributed by atoms with E-state index in [1.54, 1.807) is 0 Å². The van der Waals surface area contributed by atoms with Crippen LogP contribution in [0.3, 0.4) is 0 Å². The van der Waals surface area contributed by atoms with Crippen LogP contribution in [0.1, 0.15) is 48.1 Å². The molecular formula is C19H21FN2O4. The molecule has 1 saturated heterocycles. The molecule has 0 saturated carbocycles. The lowest BCUT2D eigenvalue weighted by Gasteiger charge is -2.26. The molecule has 0 spiro atoms. The third-order valence-corrected chi connectivity index (χ3v) is 5.33. The van der Waals surface area contributed by atoms with Gasteiger partial charge in [-0.2, -0.15) is 0 Å². The SMILES string of the molecule is C[C@@H]1CCc2cc(F)cc3c(O)c(C(=O)NC[C@@H]4CCCO4)c(=O)n1c23. The smallest absolute Gasteiger partial charge is 0.267 e. The number of amides is 1. The Morgan fingerprint density at radius 1 is 1.42 bits per heavy atom. The van der Waals surface area contributed by atoms with Gasteiger partial charge in [0.15, 0.2) is 0 Å². The van der Waals surface area contributed by atoms with Crippen LogP contribution >= 0.6 is 0 Å². The van der Waals surface area contributed by atoms with Crippen LogP contribution in [-0.4, -0.2) is 34.8 Å². The molecule has 2 aliphatic rings. The Labute approximate surface area is 149 Å². The molecule has 7 heteroatoms. The van der Waals surface area contributed by atoms with Crippen molar-refractivity contribution in [1.82, 2.24) is 9.88 Å². The Morgan fingerprint density at radius 2 is 2.23 bits per heavy atom. The Hall–Kier alpha value is -2.41. The van der Waals surface area contributed by atoms with Gasteiger partial charge >= 0.3 is 0 Å². The summed E-state index contributed by atoms with van der Waals surface area (Å²) in [5.41, 5.74) is 0.320. The Bertz CT molecular complexity index is 947. The molecule has 6 nitrogen and oxygen atoms in total. The van der Waals surface area contributed by atoms with Crippen LogP contribution < -0.4 is 10.9 Å². The number of ether oxygens (including phenoxy) is 1. The first kappa shape index (κ1) is 17.0. The Morgan fingerprint density at radius 3 is 2.96 bits per heavy atom. The molecular weight excluding hydrogens is 339 g/mol. The molecule has 2 aliphatic heterocycles. The summed E-state index contributed by atoms with van der Waals surface area (Å²) in [4.78, 5) is 25.6. The van der Waals surface area contributed by atoms with Gasteiger partial charge < -0.3 is 19.7 Å². The lowest BCUT2D eigenvalue weighted by molar-refractivity contribution is 0.0854. The number of nitrogens with zero attached hydrogens (tertiary/aromatic N) is 1. The zero-order valence-electron chi connectivity index (χ0n) is 14.5. The highest BCUT2D eigenvalue weighted by Gasteiger charge is 2.29. The minimum Gasteiger partial charge on any atom is -0.506 e. The summed E-state index contributed by atoms with van der Waals surface area (Å²) in [7, 11) is 0. The molecule has 0 aliphatic carbocycles. The fourth-order valence-corrected chi connectivity index (χ4v) is 3.99. The minimum absolute atomic E-state index is 0.0781. The van der Waals surface area contributed by atoms with Crippen molar-refractivity contribution in [1.29, 1.82) is 0 Å². The molecule has 1 fully saturated rings. The van der Waals surface area contributed by atoms with Gasteiger partial charge in [-0.25, -0.2) is 4.39 Å². The number of benzene rings is 1. The zero-order chi connectivity index (χ0) is 18.4. The van der Waals surface area contributed by atoms with Crippen molar-refractivity contribution in [2.75, 3.05) is 13.2 Å². The molecule has 1 aromatic carbocycles. The first-order valence-electron chi connectivity index (χ1n) is 8.96. The van der Waals surface area contributed by atoms with Crippen molar-refractivity contribution in [3.8, 4) is 5.75 Å². The second-order valence-electron chi connectivity index (χ2n) is 7.09. The number of carbonyl (C=O) groups is 1. The van der Waals surface area contributed by atoms with E-state index in [9.17, 15) is 19.1 Å². The monoisotopic (exact) mass is 360 g/mol. The summed E-state index contributed by atoms with van der Waals surface area (Å²) in [6.07, 6.45) is 3.01. The van der Waals surface area contributed by atoms with E-state index in [0.717, 1.165) is 12.8 Å². The number of halogens is 1. The van der Waals surface area contributed by atoms with Crippen LogP contribution in [0.25, 0.3) is 10.9 Å². The topological polar surface area (TPSA) is 80.6 Å². The van der Waals surface area contributed by atoms with Crippen molar-refractivity contribution in [2.45, 2.75) is 44.8 Å². The average Bonchev–Trinajstić information content (AvgIpc) is 3.12. The number of aromatic hydroxyl groups is 1. The first-order valence-corrected chi connectivity index (χ1v) is 8.96. The van der Waals surface area contributed by atoms with Gasteiger partial charge in [0.25, 0.3) is 11.5 Å². The number of hydrogen-bond acceptors (Lipinski definition) is 4. The predicted octanol–water partition coefficient (Wildman–Crippen LogP) is 2.26. The van der Waals surface area contributed by atoms with Crippen molar-refractivity contribution < 1.29 is 19.0 Å². The van der Waals surface area contributed by atoms with Gasteiger partial charge in [0.1, 0.15) is 17.1 Å². The molecule has 3 heterocycles. The lowest BCUT2D eigenvalue weighted by atomic mass is 9.95. The highest BCUT2D eigenvalue weighted by molar-refractivity contribution is 6.03. The van der Waals surface area contributed by atoms with Gasteiger partial charge in [0.05, 0.1) is 11.6 Å². The number of hydrogen-bond donors (Lipinski definition) is 2. The predicted molar refractivity (Wildman–Crippen MR) is 94.2 cm³/mol. The van der Waals surface area contributed by atoms with E-state index in [0.29, 0.717) is 30.5 Å². The number of aryl methyl sites for hydroxylation is 1. The minimum atomic E-state index is -0.655. The number of pyridine rings is 1. The quantitative estimate of drug-likeness (QED) is 0.880. The molecule has 0 bridgehead atoms. The van der Waals surface area contributed by atoms with E-state index in [-0.39, 0.29) is 29.6 Å². The fourth-order valence-electron chi connectivity index (χ4n) is 3.99. The maximum atomic E-state index is 14.0. The molecule has 2 aromatic rings. The van der Waals surface area contributed by atoms with Gasteiger partial charge in [-0.15, -0.1) is 0 Å². The van der Waals surface area contributed by atoms with Gasteiger partial charge in [-0.1, -0.05) is 0 Å². The van der Waals surface area contributed by atoms with Crippen LogP contribution in [0.15, 0.2) is 16.9 Å². The molecule has 2 N–H and O–H groups in total. The van der Waals surface area contributed by atoms with Crippen molar-refractivity contribution in [2.24, 2.45) is 0 Å². The zero-order valence-corrected chi connectivity index (χ0v) is 14.5. The summed E-state index contributed by atoms with van der Waals surface area (Å²) in [6.45, 7) is 2.83. The summed E-state index contributed by atoms with van der Waals surface area (Å²) in [5, 5.41) is 13.5. The van der Waals surface area contributed by atoms with Crippen LogP contribution in [0.2, 0.25) is 0 Å². The maximum absolute atomic E-state index is 14.0. The summed E-state index contributed by atoms with van der Waals surface area (Å²) >= 11 is 0. The fraction of sp³-hybridized carbons (Fsp3) is 0.474. The standard InChI is InChI=1S/C19H21FN2O4/c1-10-4-5-11-7-12(20)8-14-16(11)22(10)19(25)15(17(14)23)18(24)21-9-13-3-2-6-26-13/h7-8,10,13,23H,2-6,9H2,1H3,(H,21,24)/t10-,13+/m1/s1. The summed E-state index contributed by atoms with van der Waals surface area (Å²) in [5.74, 6) is -1.61. The van der Waals surface area contributed by atoms with E-state index < -0.39 is 23.0 Å². The molecule has 2 atom stereocenters. The van der Waals surface area contributed by atoms with Crippen LogP contribution in [-0.2, 0) is 11.2 Å². The van der Waals surface area contributed by atoms with E-state index in [2.05, 4.69) is 5.32 Å². The number of aromatic nitrogens is 1.